The summed E-state index contributed by atoms with van der Waals surface area (Å²) in [5.41, 5.74) is 0.813. The lowest BCUT2D eigenvalue weighted by molar-refractivity contribution is -0.134. The smallest absolute Gasteiger partial charge is 0.367 e. The predicted octanol–water partition coefficient (Wildman–Crippen LogP) is 2.69. The monoisotopic (exact) mass is 198 g/mol. The molecule has 0 spiro atoms. The van der Waals surface area contributed by atoms with Crippen molar-refractivity contribution in [2.24, 2.45) is 0 Å². The molecule has 74 valence electrons. The van der Waals surface area contributed by atoms with Crippen LogP contribution < -0.4 is 0 Å². The molecule has 0 aliphatic rings. The number of benzene rings is 1. The number of carboxylic acids is 1. The van der Waals surface area contributed by atoms with Crippen molar-refractivity contribution in [3.63, 3.8) is 0 Å². The Morgan fingerprint density at radius 2 is 1.71 bits per heavy atom. The maximum atomic E-state index is 13.0. The average Bonchev–Trinajstić information content (AvgIpc) is 2.16. The molecule has 0 aromatic heterocycles. The van der Waals surface area contributed by atoms with Crippen LogP contribution >= 0.6 is 0 Å². The Balaban J connectivity index is 3.12. The Labute approximate surface area is 79.5 Å². The van der Waals surface area contributed by atoms with E-state index in [1.807, 2.05) is 0 Å². The van der Waals surface area contributed by atoms with E-state index in [0.29, 0.717) is 0 Å². The lowest BCUT2D eigenvalue weighted by atomic mass is 10.1. The fourth-order valence-electron chi connectivity index (χ4n) is 0.920. The van der Waals surface area contributed by atoms with Crippen LogP contribution in [0.15, 0.2) is 30.1 Å². The van der Waals surface area contributed by atoms with Gasteiger partial charge < -0.3 is 5.11 Å². The number of rotatable bonds is 2. The van der Waals surface area contributed by atoms with Crippen LogP contribution in [0.1, 0.15) is 11.1 Å². The number of hydrogen-bond donors (Lipinski definition) is 1. The molecule has 0 saturated heterocycles. The van der Waals surface area contributed by atoms with Gasteiger partial charge in [-0.1, -0.05) is 29.8 Å². The van der Waals surface area contributed by atoms with Gasteiger partial charge in [0.15, 0.2) is 5.83 Å². The fourth-order valence-corrected chi connectivity index (χ4v) is 0.920. The topological polar surface area (TPSA) is 37.3 Å². The summed E-state index contributed by atoms with van der Waals surface area (Å²) < 4.78 is 25.6. The van der Waals surface area contributed by atoms with Crippen molar-refractivity contribution in [2.75, 3.05) is 0 Å². The van der Waals surface area contributed by atoms with Crippen molar-refractivity contribution >= 4 is 11.8 Å². The molecule has 0 radical (unpaired) electrons. The molecule has 2 nitrogen and oxygen atoms in total. The highest BCUT2D eigenvalue weighted by atomic mass is 19.2. The van der Waals surface area contributed by atoms with Crippen LogP contribution in [0.2, 0.25) is 0 Å². The third kappa shape index (κ3) is 2.16. The standard InChI is InChI=1S/C10H8F2O2/c1-6-2-4-7(5-3-6)8(11)9(12)10(13)14/h2-5H,1H3,(H,13,14). The van der Waals surface area contributed by atoms with Gasteiger partial charge in [0, 0.05) is 5.56 Å². The third-order valence-corrected chi connectivity index (χ3v) is 1.69. The zero-order valence-electron chi connectivity index (χ0n) is 7.42. The van der Waals surface area contributed by atoms with Gasteiger partial charge in [0.05, 0.1) is 0 Å². The van der Waals surface area contributed by atoms with Crippen LogP contribution in [0.25, 0.3) is 5.83 Å². The highest BCUT2D eigenvalue weighted by molar-refractivity contribution is 5.92. The minimum Gasteiger partial charge on any atom is -0.476 e. The summed E-state index contributed by atoms with van der Waals surface area (Å²) in [4.78, 5) is 10.1. The summed E-state index contributed by atoms with van der Waals surface area (Å²) in [6, 6.07) is 5.80. The second-order valence-electron chi connectivity index (χ2n) is 2.80. The summed E-state index contributed by atoms with van der Waals surface area (Å²) in [7, 11) is 0. The van der Waals surface area contributed by atoms with Gasteiger partial charge in [0.1, 0.15) is 0 Å². The molecular weight excluding hydrogens is 190 g/mol. The Bertz CT molecular complexity index is 380. The molecular formula is C10H8F2O2. The molecule has 0 amide bonds. The van der Waals surface area contributed by atoms with E-state index in [1.165, 1.54) is 12.1 Å². The Morgan fingerprint density at radius 1 is 1.21 bits per heavy atom. The maximum absolute atomic E-state index is 13.0. The minimum absolute atomic E-state index is 0.0736. The highest BCUT2D eigenvalue weighted by Crippen LogP contribution is 2.21. The zero-order valence-corrected chi connectivity index (χ0v) is 7.42. The largest absolute Gasteiger partial charge is 0.476 e. The van der Waals surface area contributed by atoms with Gasteiger partial charge in [-0.15, -0.1) is 0 Å². The van der Waals surface area contributed by atoms with Crippen LogP contribution in [0.4, 0.5) is 8.78 Å². The van der Waals surface area contributed by atoms with Crippen LogP contribution in [-0.4, -0.2) is 11.1 Å². The molecule has 0 bridgehead atoms. The van der Waals surface area contributed by atoms with Crippen LogP contribution in [-0.2, 0) is 4.79 Å². The molecule has 14 heavy (non-hydrogen) atoms. The fraction of sp³-hybridized carbons (Fsp3) is 0.100. The number of carbonyl (C=O) groups is 1. The second-order valence-corrected chi connectivity index (χ2v) is 2.80. The first-order chi connectivity index (χ1) is 6.52. The van der Waals surface area contributed by atoms with Gasteiger partial charge in [0.2, 0.25) is 5.83 Å². The average molecular weight is 198 g/mol. The minimum atomic E-state index is -1.90. The van der Waals surface area contributed by atoms with E-state index >= 15 is 0 Å². The molecule has 0 fully saturated rings. The number of halogens is 2. The van der Waals surface area contributed by atoms with Crippen molar-refractivity contribution in [3.8, 4) is 0 Å². The van der Waals surface area contributed by atoms with Crippen molar-refractivity contribution in [1.82, 2.24) is 0 Å². The Kier molecular flexibility index (Phi) is 2.96. The summed E-state index contributed by atoms with van der Waals surface area (Å²) >= 11 is 0. The van der Waals surface area contributed by atoms with Crippen molar-refractivity contribution in [2.45, 2.75) is 6.92 Å². The van der Waals surface area contributed by atoms with E-state index in [4.69, 9.17) is 5.11 Å². The van der Waals surface area contributed by atoms with E-state index in [1.54, 1.807) is 19.1 Å². The second kappa shape index (κ2) is 4.00. The van der Waals surface area contributed by atoms with E-state index in [2.05, 4.69) is 0 Å². The molecule has 1 rings (SSSR count). The lowest BCUT2D eigenvalue weighted by Crippen LogP contribution is -1.97. The Hall–Kier alpha value is -1.71. The van der Waals surface area contributed by atoms with E-state index in [-0.39, 0.29) is 5.56 Å². The normalized spacial score (nSPS) is 12.2. The number of hydrogen-bond acceptors (Lipinski definition) is 1. The summed E-state index contributed by atoms with van der Waals surface area (Å²) in [6.45, 7) is 1.79. The van der Waals surface area contributed by atoms with Crippen LogP contribution in [0, 0.1) is 6.92 Å². The van der Waals surface area contributed by atoms with E-state index in [9.17, 15) is 13.6 Å². The first kappa shape index (κ1) is 10.4. The third-order valence-electron chi connectivity index (χ3n) is 1.69. The molecule has 4 heteroatoms. The number of carboxylic acid groups (broad SMARTS) is 1. The van der Waals surface area contributed by atoms with Gasteiger partial charge in [-0.05, 0) is 6.92 Å². The molecule has 0 aliphatic heterocycles. The zero-order chi connectivity index (χ0) is 10.7. The van der Waals surface area contributed by atoms with Gasteiger partial charge >= 0.3 is 5.97 Å². The number of aliphatic carboxylic acids is 1. The van der Waals surface area contributed by atoms with Crippen molar-refractivity contribution in [3.05, 3.63) is 41.2 Å². The lowest BCUT2D eigenvalue weighted by Gasteiger charge is -1.98. The van der Waals surface area contributed by atoms with Gasteiger partial charge in [0.25, 0.3) is 0 Å². The summed E-state index contributed by atoms with van der Waals surface area (Å²) in [5, 5.41) is 8.20. The highest BCUT2D eigenvalue weighted by Gasteiger charge is 2.15. The maximum Gasteiger partial charge on any atom is 0.367 e. The van der Waals surface area contributed by atoms with Gasteiger partial charge in [-0.25, -0.2) is 9.18 Å². The SMILES string of the molecule is Cc1ccc(C(F)=C(F)C(=O)O)cc1. The van der Waals surface area contributed by atoms with Crippen molar-refractivity contribution < 1.29 is 18.7 Å². The van der Waals surface area contributed by atoms with Crippen LogP contribution in [0.3, 0.4) is 0 Å². The molecule has 0 heterocycles. The van der Waals surface area contributed by atoms with Crippen molar-refractivity contribution in [1.29, 1.82) is 0 Å². The van der Waals surface area contributed by atoms with Gasteiger partial charge in [-0.2, -0.15) is 4.39 Å². The predicted molar refractivity (Wildman–Crippen MR) is 48.0 cm³/mol. The number of aryl methyl sites for hydroxylation is 1. The van der Waals surface area contributed by atoms with E-state index in [0.717, 1.165) is 5.56 Å². The first-order valence-corrected chi connectivity index (χ1v) is 3.88. The summed E-state index contributed by atoms with van der Waals surface area (Å²) in [6.07, 6.45) is 0. The Morgan fingerprint density at radius 3 is 2.14 bits per heavy atom. The van der Waals surface area contributed by atoms with Crippen LogP contribution in [0.5, 0.6) is 0 Å². The molecule has 0 aliphatic carbocycles. The molecule has 0 unspecified atom stereocenters. The molecule has 1 N–H and O–H groups in total. The molecule has 1 aromatic rings. The quantitative estimate of drug-likeness (QED) is 0.742. The molecule has 0 atom stereocenters. The summed E-state index contributed by atoms with van der Waals surface area (Å²) in [5.74, 6) is -5.02. The van der Waals surface area contributed by atoms with Gasteiger partial charge in [-0.3, -0.25) is 0 Å². The molecule has 0 saturated carbocycles. The molecule has 1 aromatic carbocycles. The first-order valence-electron chi connectivity index (χ1n) is 3.88. The van der Waals surface area contributed by atoms with E-state index < -0.39 is 17.6 Å².